The first-order valence-corrected chi connectivity index (χ1v) is 8.70. The lowest BCUT2D eigenvalue weighted by molar-refractivity contribution is -0.157. The SMILES string of the molecule is CC(C)(C)C(=O)OCn1cnc(-c2ccc(-c3ccc(F)c(C=O)c3)cc2)n1. The minimum Gasteiger partial charge on any atom is -0.442 e. The fourth-order valence-electron chi connectivity index (χ4n) is 2.46. The Hall–Kier alpha value is -3.35. The summed E-state index contributed by atoms with van der Waals surface area (Å²) in [4.78, 5) is 27.0. The standard InChI is InChI=1S/C21H20FN3O3/c1-21(2,3)20(27)28-13-25-12-23-19(24-25)15-6-4-14(5-7-15)16-8-9-18(22)17(10-16)11-26/h4-12H,13H2,1-3H3. The van der Waals surface area contributed by atoms with E-state index < -0.39 is 11.2 Å². The Morgan fingerprint density at radius 3 is 2.39 bits per heavy atom. The Labute approximate surface area is 162 Å². The highest BCUT2D eigenvalue weighted by Gasteiger charge is 2.23. The van der Waals surface area contributed by atoms with Crippen LogP contribution in [-0.2, 0) is 16.3 Å². The Bertz CT molecular complexity index is 1000. The van der Waals surface area contributed by atoms with Crippen molar-refractivity contribution in [1.29, 1.82) is 0 Å². The minimum absolute atomic E-state index is 0.00869. The van der Waals surface area contributed by atoms with Crippen LogP contribution in [0.5, 0.6) is 0 Å². The molecule has 0 N–H and O–H groups in total. The van der Waals surface area contributed by atoms with Gasteiger partial charge in [0.15, 0.2) is 18.8 Å². The van der Waals surface area contributed by atoms with Gasteiger partial charge in [0.1, 0.15) is 12.1 Å². The average Bonchev–Trinajstić information content (AvgIpc) is 3.15. The van der Waals surface area contributed by atoms with Crippen LogP contribution in [0.15, 0.2) is 48.8 Å². The van der Waals surface area contributed by atoms with Crippen LogP contribution in [0.2, 0.25) is 0 Å². The predicted molar refractivity (Wildman–Crippen MR) is 102 cm³/mol. The maximum atomic E-state index is 13.5. The van der Waals surface area contributed by atoms with Crippen LogP contribution in [0.3, 0.4) is 0 Å². The van der Waals surface area contributed by atoms with Crippen molar-refractivity contribution in [3.63, 3.8) is 0 Å². The molecule has 2 aromatic carbocycles. The molecule has 3 aromatic rings. The number of nitrogens with zero attached hydrogens (tertiary/aromatic N) is 3. The topological polar surface area (TPSA) is 74.1 Å². The summed E-state index contributed by atoms with van der Waals surface area (Å²) in [5.41, 5.74) is 1.80. The Kier molecular flexibility index (Phi) is 5.35. The van der Waals surface area contributed by atoms with Crippen molar-refractivity contribution in [3.8, 4) is 22.5 Å². The van der Waals surface area contributed by atoms with Crippen molar-refractivity contribution in [2.75, 3.05) is 0 Å². The largest absolute Gasteiger partial charge is 0.442 e. The van der Waals surface area contributed by atoms with Crippen LogP contribution in [0.25, 0.3) is 22.5 Å². The van der Waals surface area contributed by atoms with Crippen molar-refractivity contribution in [2.45, 2.75) is 27.5 Å². The van der Waals surface area contributed by atoms with Gasteiger partial charge in [-0.1, -0.05) is 30.3 Å². The number of halogens is 1. The second kappa shape index (κ2) is 7.72. The second-order valence-electron chi connectivity index (χ2n) is 7.35. The van der Waals surface area contributed by atoms with E-state index in [1.165, 1.54) is 23.1 Å². The van der Waals surface area contributed by atoms with Gasteiger partial charge in [0.05, 0.1) is 11.0 Å². The second-order valence-corrected chi connectivity index (χ2v) is 7.35. The number of ether oxygens (including phenoxy) is 1. The highest BCUT2D eigenvalue weighted by Crippen LogP contribution is 2.24. The lowest BCUT2D eigenvalue weighted by Crippen LogP contribution is -2.24. The van der Waals surface area contributed by atoms with Gasteiger partial charge in [-0.15, -0.1) is 5.10 Å². The van der Waals surface area contributed by atoms with E-state index in [-0.39, 0.29) is 18.3 Å². The van der Waals surface area contributed by atoms with E-state index in [4.69, 9.17) is 4.74 Å². The maximum Gasteiger partial charge on any atom is 0.313 e. The Balaban J connectivity index is 1.73. The van der Waals surface area contributed by atoms with Crippen LogP contribution < -0.4 is 0 Å². The monoisotopic (exact) mass is 381 g/mol. The fourth-order valence-corrected chi connectivity index (χ4v) is 2.46. The molecule has 144 valence electrons. The summed E-state index contributed by atoms with van der Waals surface area (Å²) in [5, 5.41) is 4.31. The molecule has 0 aliphatic heterocycles. The zero-order valence-corrected chi connectivity index (χ0v) is 15.8. The van der Waals surface area contributed by atoms with Gasteiger partial charge in [-0.2, -0.15) is 0 Å². The van der Waals surface area contributed by atoms with E-state index in [1.54, 1.807) is 26.8 Å². The number of carbonyl (C=O) groups is 2. The molecule has 0 saturated heterocycles. The van der Waals surface area contributed by atoms with Crippen LogP contribution in [0.4, 0.5) is 4.39 Å². The van der Waals surface area contributed by atoms with Crippen molar-refractivity contribution in [3.05, 3.63) is 60.2 Å². The molecular formula is C21H20FN3O3. The first kappa shape index (κ1) is 19.4. The molecule has 1 aromatic heterocycles. The predicted octanol–water partition coefficient (Wildman–Crippen LogP) is 4.11. The molecule has 0 unspecified atom stereocenters. The summed E-state index contributed by atoms with van der Waals surface area (Å²) in [5.74, 6) is -0.369. The third kappa shape index (κ3) is 4.31. The highest BCUT2D eigenvalue weighted by molar-refractivity contribution is 5.79. The average molecular weight is 381 g/mol. The zero-order chi connectivity index (χ0) is 20.3. The molecule has 0 atom stereocenters. The minimum atomic E-state index is -0.580. The van der Waals surface area contributed by atoms with E-state index in [1.807, 2.05) is 24.3 Å². The van der Waals surface area contributed by atoms with Gasteiger partial charge < -0.3 is 4.74 Å². The highest BCUT2D eigenvalue weighted by atomic mass is 19.1. The number of carbonyl (C=O) groups excluding carboxylic acids is 2. The third-order valence-corrected chi connectivity index (χ3v) is 4.08. The molecule has 0 saturated carbocycles. The summed E-state index contributed by atoms with van der Waals surface area (Å²) in [6.07, 6.45) is 1.99. The molecule has 6 nitrogen and oxygen atoms in total. The Morgan fingerprint density at radius 2 is 1.75 bits per heavy atom. The van der Waals surface area contributed by atoms with Crippen molar-refractivity contribution < 1.29 is 18.7 Å². The molecule has 0 radical (unpaired) electrons. The molecule has 0 bridgehead atoms. The molecule has 0 aliphatic rings. The normalized spacial score (nSPS) is 11.3. The van der Waals surface area contributed by atoms with Gasteiger partial charge in [-0.3, -0.25) is 9.59 Å². The van der Waals surface area contributed by atoms with Crippen LogP contribution in [0, 0.1) is 11.2 Å². The molecule has 7 heteroatoms. The molecule has 0 spiro atoms. The van der Waals surface area contributed by atoms with Gasteiger partial charge in [0.2, 0.25) is 0 Å². The Morgan fingerprint density at radius 1 is 1.11 bits per heavy atom. The van der Waals surface area contributed by atoms with Gasteiger partial charge in [-0.05, 0) is 44.0 Å². The molecule has 0 amide bonds. The van der Waals surface area contributed by atoms with Crippen molar-refractivity contribution in [1.82, 2.24) is 14.8 Å². The van der Waals surface area contributed by atoms with Gasteiger partial charge in [-0.25, -0.2) is 14.1 Å². The quantitative estimate of drug-likeness (QED) is 0.491. The van der Waals surface area contributed by atoms with Crippen LogP contribution >= 0.6 is 0 Å². The fraction of sp³-hybridized carbons (Fsp3) is 0.238. The van der Waals surface area contributed by atoms with Gasteiger partial charge in [0.25, 0.3) is 0 Å². The summed E-state index contributed by atoms with van der Waals surface area (Å²) in [6, 6.07) is 11.8. The van der Waals surface area contributed by atoms with Crippen LogP contribution in [-0.4, -0.2) is 27.0 Å². The van der Waals surface area contributed by atoms with Gasteiger partial charge >= 0.3 is 5.97 Å². The number of rotatable bonds is 5. The number of benzene rings is 2. The molecule has 0 fully saturated rings. The molecule has 1 heterocycles. The van der Waals surface area contributed by atoms with E-state index in [0.29, 0.717) is 12.1 Å². The van der Waals surface area contributed by atoms with E-state index in [9.17, 15) is 14.0 Å². The molecular weight excluding hydrogens is 361 g/mol. The summed E-state index contributed by atoms with van der Waals surface area (Å²) in [6.45, 7) is 5.33. The molecule has 0 aliphatic carbocycles. The number of aromatic nitrogens is 3. The summed E-state index contributed by atoms with van der Waals surface area (Å²) < 4.78 is 20.1. The smallest absolute Gasteiger partial charge is 0.313 e. The number of aldehydes is 1. The number of hydrogen-bond acceptors (Lipinski definition) is 5. The molecule has 3 rings (SSSR count). The third-order valence-electron chi connectivity index (χ3n) is 4.08. The summed E-state index contributed by atoms with van der Waals surface area (Å²) in [7, 11) is 0. The van der Waals surface area contributed by atoms with Crippen LogP contribution in [0.1, 0.15) is 31.1 Å². The van der Waals surface area contributed by atoms with E-state index in [2.05, 4.69) is 10.1 Å². The lowest BCUT2D eigenvalue weighted by atomic mass is 9.98. The van der Waals surface area contributed by atoms with Crippen molar-refractivity contribution in [2.24, 2.45) is 5.41 Å². The summed E-state index contributed by atoms with van der Waals surface area (Å²) >= 11 is 0. The first-order chi connectivity index (χ1) is 13.3. The number of hydrogen-bond donors (Lipinski definition) is 0. The van der Waals surface area contributed by atoms with E-state index in [0.717, 1.165) is 16.7 Å². The molecule has 28 heavy (non-hydrogen) atoms. The van der Waals surface area contributed by atoms with E-state index >= 15 is 0 Å². The van der Waals surface area contributed by atoms with Gasteiger partial charge in [0, 0.05) is 5.56 Å². The zero-order valence-electron chi connectivity index (χ0n) is 15.8. The maximum absolute atomic E-state index is 13.5. The number of esters is 1. The first-order valence-electron chi connectivity index (χ1n) is 8.70. The lowest BCUT2D eigenvalue weighted by Gasteiger charge is -2.16. The van der Waals surface area contributed by atoms with Crippen molar-refractivity contribution >= 4 is 12.3 Å².